The maximum absolute atomic E-state index is 13.2. The van der Waals surface area contributed by atoms with E-state index in [1.54, 1.807) is 0 Å². The van der Waals surface area contributed by atoms with Crippen LogP contribution in [-0.2, 0) is 90.4 Å². The van der Waals surface area contributed by atoms with Crippen LogP contribution in [0.2, 0.25) is 0 Å². The Morgan fingerprint density at radius 3 is 1.17 bits per heavy atom. The van der Waals surface area contributed by atoms with Crippen molar-refractivity contribution in [3.05, 3.63) is 0 Å². The van der Waals surface area contributed by atoms with Gasteiger partial charge in [-0.05, 0) is 0 Å². The Morgan fingerprint density at radius 2 is 0.800 bits per heavy atom. The zero-order chi connectivity index (χ0) is 78.8. The lowest BCUT2D eigenvalue weighted by molar-refractivity contribution is -0.384. The van der Waals surface area contributed by atoms with Crippen LogP contribution < -0.4 is 26.6 Å². The molecule has 0 radical (unpaired) electrons. The highest BCUT2D eigenvalue weighted by molar-refractivity contribution is 5.78. The van der Waals surface area contributed by atoms with Crippen LogP contribution in [-0.4, -0.2) is 431 Å². The second-order valence-corrected chi connectivity index (χ2v) is 25.9. The van der Waals surface area contributed by atoms with Crippen LogP contribution in [0.25, 0.3) is 0 Å². The highest BCUT2D eigenvalue weighted by Gasteiger charge is 2.63. The molecule has 47 heteroatoms. The minimum atomic E-state index is -3.27. The van der Waals surface area contributed by atoms with Gasteiger partial charge in [0.1, 0.15) is 152 Å². The summed E-state index contributed by atoms with van der Waals surface area (Å²) in [6, 6.07) is -9.26. The zero-order valence-electron chi connectivity index (χ0n) is 56.7. The van der Waals surface area contributed by atoms with Gasteiger partial charge >= 0.3 is 11.9 Å². The van der Waals surface area contributed by atoms with Crippen molar-refractivity contribution in [2.24, 2.45) is 0 Å². The standard InChI is InChI=1S/C58H97N5O42/c1-16(71)59-21(8-64)44(99-52-33(62-19(4)74)41(87)45(30(14-70)98-52)100-53-42(88)49(39(85)28(12-68)96-53)104-57(55(90)91)6-22(76)31(60-17(2)72)47(102-57)35(81)24(78)9-65)37(83)26(80)15-94-51-34(63-20(5)75)46(38(84)27(11-67)95-51)101-54-43(89)50(40(86)29(13-69)97-54)105-58(56(92)93)7-23(77)32(61-18(3)73)48(103-58)36(82)25(79)10-66/h21-54,64-70,76-89H,6-15H2,1-5H3,(H,59,71)(H,60,72)(H,61,73)(H,62,74)(H,63,75)(H,90,91)(H,92,93)/t21-,22-,23-,24+,25+,26+,27+,28+,29+,30+,31+,32+,33+,34+,35+,36+,37-,38+,39-,40-,41+,42+,43+,44+,45+,46+,47+,48+,49-,50-,51+,52-,53-,54-,57-,58-/m0/s1. The molecule has 0 aromatic heterocycles. The van der Waals surface area contributed by atoms with Gasteiger partial charge in [-0.25, -0.2) is 9.59 Å². The first kappa shape index (κ1) is 88.9. The monoisotopic (exact) mass is 1540 g/mol. The van der Waals surface area contributed by atoms with E-state index in [4.69, 9.17) is 56.8 Å². The third kappa shape index (κ3) is 20.7. The van der Waals surface area contributed by atoms with Crippen molar-refractivity contribution in [2.75, 3.05) is 52.9 Å². The van der Waals surface area contributed by atoms with E-state index in [9.17, 15) is 151 Å². The Balaban J connectivity index is 1.26. The highest BCUT2D eigenvalue weighted by Crippen LogP contribution is 2.42. The molecule has 0 aromatic carbocycles. The Morgan fingerprint density at radius 1 is 0.429 bits per heavy atom. The normalized spacial score (nSPS) is 40.4. The van der Waals surface area contributed by atoms with Gasteiger partial charge in [-0.1, -0.05) is 0 Å². The van der Waals surface area contributed by atoms with Crippen molar-refractivity contribution in [1.29, 1.82) is 0 Å². The SMILES string of the molecule is CC(=O)N[C@H]1[C@H](O[C@@H]([C@@H](O)[C@H](O)CO[C@@H]2O[C@H](CO)[C@@H](O)[C@H](O[C@@H]3O[C@H](CO)[C@H](O)[C@H](O[C@]4(C(=O)O)C[C@H](O)[C@@H](NC(C)=O)[C@H]([C@H](O)[C@H](O)CO)O4)[C@H]3O)[C@H]2NC(C)=O)[C@H](CO)NC(C)=O)O[C@H](CO)[C@@H](O[C@@H]2O[C@H](CO)[C@H](O)[C@H](O[C@]3(C(=O)O)C[C@H](O)[C@@H](NC(C)=O)[C@H]([C@H](O)[C@H](O)CO)O3)[C@H]2O)[C@@H]1O. The van der Waals surface area contributed by atoms with E-state index in [1.165, 1.54) is 0 Å². The van der Waals surface area contributed by atoms with E-state index >= 15 is 0 Å². The molecular formula is C58H97N5O42. The van der Waals surface area contributed by atoms with Crippen LogP contribution in [0.1, 0.15) is 47.5 Å². The Labute approximate surface area is 594 Å². The summed E-state index contributed by atoms with van der Waals surface area (Å²) in [5, 5.41) is 264. The van der Waals surface area contributed by atoms with Crippen molar-refractivity contribution in [3.8, 4) is 0 Å². The van der Waals surface area contributed by atoms with Gasteiger partial charge in [0.2, 0.25) is 29.5 Å². The molecule has 0 saturated carbocycles. The van der Waals surface area contributed by atoms with Crippen LogP contribution >= 0.6 is 0 Å². The average molecular weight is 1540 g/mol. The van der Waals surface area contributed by atoms with Gasteiger partial charge in [0, 0.05) is 47.5 Å². The first-order chi connectivity index (χ1) is 49.2. The van der Waals surface area contributed by atoms with E-state index in [-0.39, 0.29) is 0 Å². The second-order valence-electron chi connectivity index (χ2n) is 25.9. The van der Waals surface area contributed by atoms with Gasteiger partial charge in [-0.15, -0.1) is 0 Å². The smallest absolute Gasteiger partial charge is 0.364 e. The molecule has 5 amide bonds. The number of carboxylic acids is 2. The van der Waals surface area contributed by atoms with Crippen LogP contribution in [0.3, 0.4) is 0 Å². The number of amides is 5. The largest absolute Gasteiger partial charge is 0.477 e. The molecule has 6 aliphatic heterocycles. The van der Waals surface area contributed by atoms with Gasteiger partial charge in [0.25, 0.3) is 11.6 Å². The van der Waals surface area contributed by atoms with Crippen LogP contribution in [0, 0.1) is 0 Å². The lowest BCUT2D eigenvalue weighted by atomic mass is 9.88. The van der Waals surface area contributed by atoms with Crippen LogP contribution in [0.4, 0.5) is 0 Å². The fourth-order valence-corrected chi connectivity index (χ4v) is 12.9. The molecule has 28 N–H and O–H groups in total. The number of nitrogens with one attached hydrogen (secondary N) is 5. The summed E-state index contributed by atoms with van der Waals surface area (Å²) in [5.41, 5.74) is 0. The van der Waals surface area contributed by atoms with Crippen LogP contribution in [0.5, 0.6) is 0 Å². The highest BCUT2D eigenvalue weighted by atomic mass is 16.8. The second kappa shape index (κ2) is 38.6. The summed E-state index contributed by atoms with van der Waals surface area (Å²) in [4.78, 5) is 89.1. The van der Waals surface area contributed by atoms with Crippen LogP contribution in [0.15, 0.2) is 0 Å². The fraction of sp³-hybridized carbons (Fsp3) is 0.879. The third-order valence-corrected chi connectivity index (χ3v) is 18.1. The van der Waals surface area contributed by atoms with E-state index in [2.05, 4.69) is 26.6 Å². The summed E-state index contributed by atoms with van der Waals surface area (Å²) in [6.45, 7) is -4.94. The minimum absolute atomic E-state index is 0.863. The average Bonchev–Trinajstić information content (AvgIpc) is 0.756. The van der Waals surface area contributed by atoms with E-state index in [0.717, 1.165) is 34.6 Å². The predicted molar refractivity (Wildman–Crippen MR) is 326 cm³/mol. The number of aliphatic hydroxyl groups excluding tert-OH is 21. The number of carbonyl (C=O) groups is 7. The molecule has 105 heavy (non-hydrogen) atoms. The number of aliphatic hydroxyl groups is 21. The maximum Gasteiger partial charge on any atom is 0.364 e. The van der Waals surface area contributed by atoms with Crippen molar-refractivity contribution < 1.29 is 208 Å². The number of rotatable bonds is 34. The van der Waals surface area contributed by atoms with Gasteiger partial charge < -0.3 is 201 Å². The number of aliphatic carboxylic acids is 2. The minimum Gasteiger partial charge on any atom is -0.477 e. The number of hydrogen-bond acceptors (Lipinski definition) is 40. The number of carbonyl (C=O) groups excluding carboxylic acids is 5. The van der Waals surface area contributed by atoms with Crippen molar-refractivity contribution in [1.82, 2.24) is 26.6 Å². The van der Waals surface area contributed by atoms with Crippen molar-refractivity contribution >= 4 is 41.5 Å². The molecule has 36 atom stereocenters. The lowest BCUT2D eigenvalue weighted by Gasteiger charge is -2.51. The Bertz CT molecular complexity index is 2850. The molecule has 6 heterocycles. The zero-order valence-corrected chi connectivity index (χ0v) is 56.7. The number of hydrogen-bond donors (Lipinski definition) is 28. The topological polar surface area (TPSA) is 756 Å². The summed E-state index contributed by atoms with van der Waals surface area (Å²) in [5.74, 6) is -15.5. The quantitative estimate of drug-likeness (QED) is 0.0284. The molecule has 0 aliphatic carbocycles. The van der Waals surface area contributed by atoms with Gasteiger partial charge in [-0.3, -0.25) is 24.0 Å². The molecule has 6 fully saturated rings. The molecule has 606 valence electrons. The van der Waals surface area contributed by atoms with Crippen molar-refractivity contribution in [2.45, 2.75) is 267 Å². The van der Waals surface area contributed by atoms with E-state index in [0.29, 0.717) is 0 Å². The molecule has 0 aromatic rings. The molecule has 0 bridgehead atoms. The summed E-state index contributed by atoms with van der Waals surface area (Å²) < 4.78 is 69.4. The summed E-state index contributed by atoms with van der Waals surface area (Å²) in [6.07, 6.45) is -66.5. The predicted octanol–water partition coefficient (Wildman–Crippen LogP) is -17.5. The fourth-order valence-electron chi connectivity index (χ4n) is 12.9. The molecule has 6 saturated heterocycles. The number of ether oxygens (including phenoxy) is 12. The first-order valence-electron chi connectivity index (χ1n) is 32.8. The lowest BCUT2D eigenvalue weighted by Crippen LogP contribution is -2.71. The summed E-state index contributed by atoms with van der Waals surface area (Å²) >= 11 is 0. The van der Waals surface area contributed by atoms with Gasteiger partial charge in [-0.2, -0.15) is 0 Å². The molecule has 0 unspecified atom stereocenters. The van der Waals surface area contributed by atoms with E-state index in [1.807, 2.05) is 0 Å². The maximum atomic E-state index is 13.2. The molecule has 47 nitrogen and oxygen atoms in total. The molecular weight excluding hydrogens is 1440 g/mol. The first-order valence-corrected chi connectivity index (χ1v) is 32.8. The summed E-state index contributed by atoms with van der Waals surface area (Å²) in [7, 11) is 0. The molecule has 6 rings (SSSR count). The van der Waals surface area contributed by atoms with E-state index < -0.39 is 327 Å². The Hall–Kier alpha value is -5.03. The third-order valence-electron chi connectivity index (χ3n) is 18.1. The molecule has 6 aliphatic rings. The Kier molecular flexibility index (Phi) is 32.6. The van der Waals surface area contributed by atoms with Gasteiger partial charge in [0.15, 0.2) is 25.2 Å². The van der Waals surface area contributed by atoms with Gasteiger partial charge in [0.05, 0.1) is 83.2 Å². The molecule has 0 spiro atoms. The number of carboxylic acid groups (broad SMARTS) is 2. The van der Waals surface area contributed by atoms with Crippen molar-refractivity contribution in [3.63, 3.8) is 0 Å².